The molecule has 0 aromatic carbocycles. The molecule has 1 rings (SSSR count). The van der Waals surface area contributed by atoms with Gasteiger partial charge in [0.15, 0.2) is 0 Å². The van der Waals surface area contributed by atoms with Gasteiger partial charge in [0.2, 0.25) is 0 Å². The molecule has 3 N–H and O–H groups in total. The fourth-order valence-corrected chi connectivity index (χ4v) is 0.570. The summed E-state index contributed by atoms with van der Waals surface area (Å²) in [6.07, 6.45) is 0. The standard InChI is InChI=1S/C4H6N2O4/c1-10-6-3(8)2(7)5-4(6)9/h7-8H,1H3,(H,5,9). The summed E-state index contributed by atoms with van der Waals surface area (Å²) in [5.74, 6) is -1.24. The zero-order valence-corrected chi connectivity index (χ0v) is 5.16. The van der Waals surface area contributed by atoms with Crippen LogP contribution in [0.1, 0.15) is 0 Å². The molecule has 0 unspecified atom stereocenters. The molecule has 1 heterocycles. The first-order chi connectivity index (χ1) is 4.66. The molecule has 0 amide bonds. The average Bonchev–Trinajstić information content (AvgIpc) is 2.09. The molecule has 0 aliphatic heterocycles. The summed E-state index contributed by atoms with van der Waals surface area (Å²) in [4.78, 5) is 16.8. The number of rotatable bonds is 1. The third-order valence-corrected chi connectivity index (χ3v) is 0.997. The molecule has 6 nitrogen and oxygen atoms in total. The van der Waals surface area contributed by atoms with Crippen molar-refractivity contribution in [2.45, 2.75) is 0 Å². The van der Waals surface area contributed by atoms with Crippen molar-refractivity contribution in [3.05, 3.63) is 10.5 Å². The highest BCUT2D eigenvalue weighted by atomic mass is 16.7. The summed E-state index contributed by atoms with van der Waals surface area (Å²) < 4.78 is 0.523. The van der Waals surface area contributed by atoms with Gasteiger partial charge in [-0.3, -0.25) is 4.98 Å². The lowest BCUT2D eigenvalue weighted by molar-refractivity contribution is 0.131. The van der Waals surface area contributed by atoms with Crippen molar-refractivity contribution in [3.8, 4) is 11.8 Å². The zero-order chi connectivity index (χ0) is 7.72. The summed E-state index contributed by atoms with van der Waals surface area (Å²) in [7, 11) is 1.19. The van der Waals surface area contributed by atoms with Gasteiger partial charge >= 0.3 is 5.69 Å². The Morgan fingerprint density at radius 2 is 2.20 bits per heavy atom. The van der Waals surface area contributed by atoms with Gasteiger partial charge in [-0.1, -0.05) is 4.73 Å². The van der Waals surface area contributed by atoms with E-state index >= 15 is 0 Å². The summed E-state index contributed by atoms with van der Waals surface area (Å²) in [5.41, 5.74) is -0.725. The molecule has 0 atom stereocenters. The van der Waals surface area contributed by atoms with Crippen LogP contribution >= 0.6 is 0 Å². The van der Waals surface area contributed by atoms with E-state index in [1.54, 1.807) is 0 Å². The third kappa shape index (κ3) is 0.697. The van der Waals surface area contributed by atoms with Crippen molar-refractivity contribution in [1.82, 2.24) is 9.71 Å². The number of hydrogen-bond acceptors (Lipinski definition) is 4. The van der Waals surface area contributed by atoms with Crippen LogP contribution in [-0.4, -0.2) is 27.0 Å². The van der Waals surface area contributed by atoms with Crippen LogP contribution in [0.3, 0.4) is 0 Å². The van der Waals surface area contributed by atoms with Crippen LogP contribution in [0.2, 0.25) is 0 Å². The number of aromatic hydroxyl groups is 2. The number of hydrogen-bond donors (Lipinski definition) is 3. The second kappa shape index (κ2) is 1.98. The van der Waals surface area contributed by atoms with Gasteiger partial charge in [-0.15, -0.1) is 0 Å². The number of nitrogens with zero attached hydrogens (tertiary/aromatic N) is 1. The van der Waals surface area contributed by atoms with Crippen LogP contribution in [0.4, 0.5) is 0 Å². The molecule has 0 bridgehead atoms. The van der Waals surface area contributed by atoms with Gasteiger partial charge in [0.1, 0.15) is 7.11 Å². The van der Waals surface area contributed by atoms with Crippen molar-refractivity contribution >= 4 is 0 Å². The molecule has 0 fully saturated rings. The fraction of sp³-hybridized carbons (Fsp3) is 0.250. The normalized spacial score (nSPS) is 9.70. The second-order valence-corrected chi connectivity index (χ2v) is 1.58. The van der Waals surface area contributed by atoms with Gasteiger partial charge in [-0.2, -0.15) is 0 Å². The van der Waals surface area contributed by atoms with E-state index in [0.717, 1.165) is 0 Å². The van der Waals surface area contributed by atoms with E-state index < -0.39 is 17.4 Å². The van der Waals surface area contributed by atoms with Crippen molar-refractivity contribution in [3.63, 3.8) is 0 Å². The second-order valence-electron chi connectivity index (χ2n) is 1.58. The Morgan fingerprint density at radius 1 is 1.60 bits per heavy atom. The minimum Gasteiger partial charge on any atom is -0.491 e. The molecule has 0 aliphatic carbocycles. The molecular formula is C4H6N2O4. The van der Waals surface area contributed by atoms with E-state index in [-0.39, 0.29) is 0 Å². The minimum absolute atomic E-state index is 0.523. The molecule has 0 saturated carbocycles. The Bertz CT molecular complexity index is 286. The summed E-state index contributed by atoms with van der Waals surface area (Å²) in [6.45, 7) is 0. The predicted octanol–water partition coefficient (Wildman–Crippen LogP) is -1.35. The van der Waals surface area contributed by atoms with Gasteiger partial charge < -0.3 is 15.1 Å². The minimum atomic E-state index is -0.725. The Labute approximate surface area is 55.3 Å². The van der Waals surface area contributed by atoms with Gasteiger partial charge in [0.05, 0.1) is 0 Å². The van der Waals surface area contributed by atoms with E-state index in [9.17, 15) is 4.79 Å². The molecular weight excluding hydrogens is 140 g/mol. The van der Waals surface area contributed by atoms with Crippen molar-refractivity contribution in [1.29, 1.82) is 0 Å². The average molecular weight is 146 g/mol. The molecule has 1 aromatic heterocycles. The number of imidazole rings is 1. The van der Waals surface area contributed by atoms with Crippen molar-refractivity contribution in [2.24, 2.45) is 0 Å². The SMILES string of the molecule is COn1c(O)c(O)[nH]c1=O. The third-order valence-electron chi connectivity index (χ3n) is 0.997. The van der Waals surface area contributed by atoms with Crippen molar-refractivity contribution in [2.75, 3.05) is 7.11 Å². The molecule has 10 heavy (non-hydrogen) atoms. The molecule has 0 saturated heterocycles. The first kappa shape index (κ1) is 6.53. The largest absolute Gasteiger partial charge is 0.491 e. The maximum absolute atomic E-state index is 10.6. The number of aromatic nitrogens is 2. The maximum atomic E-state index is 10.6. The van der Waals surface area contributed by atoms with Crippen molar-refractivity contribution < 1.29 is 15.1 Å². The first-order valence-electron chi connectivity index (χ1n) is 2.44. The lowest BCUT2D eigenvalue weighted by Crippen LogP contribution is -2.21. The van der Waals surface area contributed by atoms with Gasteiger partial charge in [-0.05, 0) is 0 Å². The smallest absolute Gasteiger partial charge is 0.364 e. The molecule has 56 valence electrons. The highest BCUT2D eigenvalue weighted by molar-refractivity contribution is 5.21. The summed E-state index contributed by atoms with van der Waals surface area (Å²) >= 11 is 0. The van der Waals surface area contributed by atoms with Crippen LogP contribution < -0.4 is 10.5 Å². The zero-order valence-electron chi connectivity index (χ0n) is 5.16. The van der Waals surface area contributed by atoms with Crippen LogP contribution in [0.25, 0.3) is 0 Å². The van der Waals surface area contributed by atoms with E-state index in [1.165, 1.54) is 7.11 Å². The van der Waals surface area contributed by atoms with Gasteiger partial charge in [0, 0.05) is 0 Å². The molecule has 6 heteroatoms. The number of H-pyrrole nitrogens is 1. The summed E-state index contributed by atoms with van der Waals surface area (Å²) in [6, 6.07) is 0. The quantitative estimate of drug-likeness (QED) is 0.457. The monoisotopic (exact) mass is 146 g/mol. The highest BCUT2D eigenvalue weighted by Gasteiger charge is 2.10. The lowest BCUT2D eigenvalue weighted by Gasteiger charge is -1.95. The molecule has 1 aromatic rings. The van der Waals surface area contributed by atoms with Gasteiger partial charge in [0.25, 0.3) is 11.8 Å². The predicted molar refractivity (Wildman–Crippen MR) is 30.9 cm³/mol. The number of nitrogens with one attached hydrogen (secondary N) is 1. The van der Waals surface area contributed by atoms with E-state index in [2.05, 4.69) is 4.84 Å². The van der Waals surface area contributed by atoms with Crippen LogP contribution in [-0.2, 0) is 0 Å². The Morgan fingerprint density at radius 3 is 2.40 bits per heavy atom. The topological polar surface area (TPSA) is 87.5 Å². The molecule has 0 radical (unpaired) electrons. The fourth-order valence-electron chi connectivity index (χ4n) is 0.570. The maximum Gasteiger partial charge on any atom is 0.364 e. The molecule has 0 aliphatic rings. The van der Waals surface area contributed by atoms with Gasteiger partial charge in [-0.25, -0.2) is 4.79 Å². The van der Waals surface area contributed by atoms with Crippen LogP contribution in [0, 0.1) is 0 Å². The Balaban J connectivity index is 3.34. The Hall–Kier alpha value is -1.59. The highest BCUT2D eigenvalue weighted by Crippen LogP contribution is 2.16. The first-order valence-corrected chi connectivity index (χ1v) is 2.44. The van der Waals surface area contributed by atoms with E-state index in [4.69, 9.17) is 10.2 Å². The lowest BCUT2D eigenvalue weighted by atomic mass is 10.8. The van der Waals surface area contributed by atoms with E-state index in [1.807, 2.05) is 4.98 Å². The van der Waals surface area contributed by atoms with E-state index in [0.29, 0.717) is 4.73 Å². The Kier molecular flexibility index (Phi) is 1.29. The summed E-state index contributed by atoms with van der Waals surface area (Å²) in [5, 5.41) is 17.4. The van der Waals surface area contributed by atoms with Crippen LogP contribution in [0.15, 0.2) is 4.79 Å². The molecule has 0 spiro atoms. The van der Waals surface area contributed by atoms with Crippen LogP contribution in [0.5, 0.6) is 11.8 Å². The number of aromatic amines is 1.